The molecule has 0 saturated heterocycles. The Morgan fingerprint density at radius 3 is 3.06 bits per heavy atom. The maximum atomic E-state index is 12.1. The van der Waals surface area contributed by atoms with Crippen LogP contribution in [0.15, 0.2) is 35.7 Å². The molecule has 0 radical (unpaired) electrons. The van der Waals surface area contributed by atoms with Crippen LogP contribution in [0.2, 0.25) is 0 Å². The molecule has 0 bridgehead atoms. The van der Waals surface area contributed by atoms with Gasteiger partial charge in [-0.15, -0.1) is 18.3 Å². The van der Waals surface area contributed by atoms with Gasteiger partial charge in [-0.3, -0.25) is 4.79 Å². The van der Waals surface area contributed by atoms with Crippen molar-refractivity contribution >= 4 is 29.0 Å². The van der Waals surface area contributed by atoms with Crippen LogP contribution in [-0.2, 0) is 4.79 Å². The van der Waals surface area contributed by atoms with Crippen molar-refractivity contribution in [1.82, 2.24) is 0 Å². The van der Waals surface area contributed by atoms with Gasteiger partial charge < -0.3 is 10.6 Å². The Morgan fingerprint density at radius 2 is 2.35 bits per heavy atom. The Morgan fingerprint density at radius 1 is 1.59 bits per heavy atom. The number of fused-ring (bicyclic) bond motifs is 1. The van der Waals surface area contributed by atoms with E-state index in [1.54, 1.807) is 11.8 Å². The fourth-order valence-corrected chi connectivity index (χ4v) is 2.92. The van der Waals surface area contributed by atoms with Gasteiger partial charge in [-0.25, -0.2) is 0 Å². The number of carbonyl (C=O) groups excluding carboxylic acids is 1. The van der Waals surface area contributed by atoms with Crippen molar-refractivity contribution < 1.29 is 4.79 Å². The lowest BCUT2D eigenvalue weighted by molar-refractivity contribution is -0.118. The highest BCUT2D eigenvalue weighted by molar-refractivity contribution is 8.00. The molecule has 1 aromatic carbocycles. The fourth-order valence-electron chi connectivity index (χ4n) is 1.88. The first kappa shape index (κ1) is 12.0. The van der Waals surface area contributed by atoms with Gasteiger partial charge in [0.15, 0.2) is 0 Å². The second-order valence-electron chi connectivity index (χ2n) is 4.05. The highest BCUT2D eigenvalue weighted by Gasteiger charge is 2.30. The molecule has 2 rings (SSSR count). The highest BCUT2D eigenvalue weighted by Crippen LogP contribution is 2.40. The second kappa shape index (κ2) is 4.84. The van der Waals surface area contributed by atoms with Crippen molar-refractivity contribution in [3.05, 3.63) is 30.9 Å². The molecule has 4 heteroatoms. The van der Waals surface area contributed by atoms with E-state index in [9.17, 15) is 4.79 Å². The van der Waals surface area contributed by atoms with Gasteiger partial charge in [0.05, 0.1) is 10.9 Å². The average molecular weight is 248 g/mol. The van der Waals surface area contributed by atoms with Gasteiger partial charge in [0.1, 0.15) is 0 Å². The third-order valence-corrected chi connectivity index (χ3v) is 3.90. The van der Waals surface area contributed by atoms with Gasteiger partial charge >= 0.3 is 0 Å². The van der Waals surface area contributed by atoms with E-state index in [1.165, 1.54) is 0 Å². The molecule has 0 spiro atoms. The smallest absolute Gasteiger partial charge is 0.240 e. The Bertz CT molecular complexity index is 459. The Balaban J connectivity index is 2.39. The first-order chi connectivity index (χ1) is 8.13. The zero-order valence-corrected chi connectivity index (χ0v) is 10.7. The molecule has 1 aromatic rings. The lowest BCUT2D eigenvalue weighted by atomic mass is 10.2. The summed E-state index contributed by atoms with van der Waals surface area (Å²) in [5, 5.41) is -0.0315. The van der Waals surface area contributed by atoms with Crippen LogP contribution in [0, 0.1) is 0 Å². The monoisotopic (exact) mass is 248 g/mol. The van der Waals surface area contributed by atoms with E-state index in [0.29, 0.717) is 12.2 Å². The largest absolute Gasteiger partial charge is 0.399 e. The van der Waals surface area contributed by atoms with Crippen molar-refractivity contribution in [3.8, 4) is 0 Å². The quantitative estimate of drug-likeness (QED) is 0.661. The van der Waals surface area contributed by atoms with E-state index >= 15 is 0 Å². The molecule has 1 amide bonds. The van der Waals surface area contributed by atoms with Crippen LogP contribution in [0.4, 0.5) is 11.4 Å². The van der Waals surface area contributed by atoms with Crippen LogP contribution >= 0.6 is 11.8 Å². The third-order valence-electron chi connectivity index (χ3n) is 2.75. The summed E-state index contributed by atoms with van der Waals surface area (Å²) in [6.07, 6.45) is 2.61. The summed E-state index contributed by atoms with van der Waals surface area (Å²) in [6.45, 7) is 6.30. The molecule has 1 aliphatic heterocycles. The van der Waals surface area contributed by atoms with Crippen LogP contribution in [0.3, 0.4) is 0 Å². The van der Waals surface area contributed by atoms with Crippen molar-refractivity contribution in [2.45, 2.75) is 23.5 Å². The molecule has 1 unspecified atom stereocenters. The molecule has 0 fully saturated rings. The Kier molecular flexibility index (Phi) is 3.43. The van der Waals surface area contributed by atoms with Gasteiger partial charge in [0, 0.05) is 17.1 Å². The topological polar surface area (TPSA) is 46.3 Å². The molecular formula is C13H16N2OS. The average Bonchev–Trinajstić information content (AvgIpc) is 2.31. The predicted octanol–water partition coefficient (Wildman–Crippen LogP) is 2.67. The highest BCUT2D eigenvalue weighted by atomic mass is 32.2. The minimum absolute atomic E-state index is 0.0315. The van der Waals surface area contributed by atoms with E-state index in [0.717, 1.165) is 17.0 Å². The molecule has 0 saturated carbocycles. The molecular weight excluding hydrogens is 232 g/mol. The first-order valence-electron chi connectivity index (χ1n) is 5.62. The molecule has 2 N–H and O–H groups in total. The second-order valence-corrected chi connectivity index (χ2v) is 5.44. The van der Waals surface area contributed by atoms with E-state index in [4.69, 9.17) is 5.73 Å². The van der Waals surface area contributed by atoms with E-state index in [1.807, 2.05) is 36.1 Å². The van der Waals surface area contributed by atoms with Crippen molar-refractivity contribution in [1.29, 1.82) is 0 Å². The summed E-state index contributed by atoms with van der Waals surface area (Å²) in [6, 6.07) is 5.73. The lowest BCUT2D eigenvalue weighted by Gasteiger charge is -2.32. The molecule has 17 heavy (non-hydrogen) atoms. The minimum Gasteiger partial charge on any atom is -0.399 e. The van der Waals surface area contributed by atoms with Crippen LogP contribution < -0.4 is 10.6 Å². The number of nitrogen functional groups attached to an aromatic ring is 1. The maximum Gasteiger partial charge on any atom is 0.240 e. The summed E-state index contributed by atoms with van der Waals surface area (Å²) < 4.78 is 0. The SMILES string of the molecule is C=CCCN1C(=O)C(C)Sc2ccc(N)cc21. The van der Waals surface area contributed by atoms with Gasteiger partial charge in [-0.05, 0) is 31.5 Å². The summed E-state index contributed by atoms with van der Waals surface area (Å²) in [5.74, 6) is 0.148. The molecule has 3 nitrogen and oxygen atoms in total. The number of carbonyl (C=O) groups is 1. The van der Waals surface area contributed by atoms with Crippen molar-refractivity contribution in [2.75, 3.05) is 17.2 Å². The fraction of sp³-hybridized carbons (Fsp3) is 0.308. The van der Waals surface area contributed by atoms with Crippen molar-refractivity contribution in [2.24, 2.45) is 0 Å². The first-order valence-corrected chi connectivity index (χ1v) is 6.50. The number of hydrogen-bond donors (Lipinski definition) is 1. The number of benzene rings is 1. The number of rotatable bonds is 3. The zero-order chi connectivity index (χ0) is 12.4. The van der Waals surface area contributed by atoms with Gasteiger partial charge in [-0.1, -0.05) is 6.08 Å². The van der Waals surface area contributed by atoms with Crippen LogP contribution in [-0.4, -0.2) is 17.7 Å². The molecule has 1 atom stereocenters. The number of nitrogens with two attached hydrogens (primary N) is 1. The third kappa shape index (κ3) is 2.31. The molecule has 0 aromatic heterocycles. The summed E-state index contributed by atoms with van der Waals surface area (Å²) in [4.78, 5) is 15.1. The van der Waals surface area contributed by atoms with E-state index in [-0.39, 0.29) is 11.2 Å². The van der Waals surface area contributed by atoms with Crippen LogP contribution in [0.1, 0.15) is 13.3 Å². The van der Waals surface area contributed by atoms with Gasteiger partial charge in [0.2, 0.25) is 5.91 Å². The predicted molar refractivity (Wildman–Crippen MR) is 73.3 cm³/mol. The lowest BCUT2D eigenvalue weighted by Crippen LogP contribution is -2.40. The number of thioether (sulfide) groups is 1. The van der Waals surface area contributed by atoms with Crippen LogP contribution in [0.25, 0.3) is 0 Å². The maximum absolute atomic E-state index is 12.1. The summed E-state index contributed by atoms with van der Waals surface area (Å²) in [5.41, 5.74) is 7.41. The number of amides is 1. The molecule has 0 aliphatic carbocycles. The molecule has 1 heterocycles. The number of nitrogens with zero attached hydrogens (tertiary/aromatic N) is 1. The molecule has 1 aliphatic rings. The summed E-state index contributed by atoms with van der Waals surface area (Å²) in [7, 11) is 0. The van der Waals surface area contributed by atoms with Crippen LogP contribution in [0.5, 0.6) is 0 Å². The Hall–Kier alpha value is -1.42. The van der Waals surface area contributed by atoms with E-state index < -0.39 is 0 Å². The minimum atomic E-state index is -0.0315. The van der Waals surface area contributed by atoms with Gasteiger partial charge in [-0.2, -0.15) is 0 Å². The standard InChI is InChI=1S/C13H16N2OS/c1-3-4-7-15-11-8-10(14)5-6-12(11)17-9(2)13(15)16/h3,5-6,8-9H,1,4,7,14H2,2H3. The number of anilines is 2. The Labute approximate surface area is 106 Å². The molecule has 90 valence electrons. The zero-order valence-electron chi connectivity index (χ0n) is 9.85. The van der Waals surface area contributed by atoms with E-state index in [2.05, 4.69) is 6.58 Å². The summed E-state index contributed by atoms with van der Waals surface area (Å²) >= 11 is 1.59. The van der Waals surface area contributed by atoms with Gasteiger partial charge in [0.25, 0.3) is 0 Å². The normalized spacial score (nSPS) is 19.0. The van der Waals surface area contributed by atoms with Crippen molar-refractivity contribution in [3.63, 3.8) is 0 Å². The number of hydrogen-bond acceptors (Lipinski definition) is 3.